The first-order valence-corrected chi connectivity index (χ1v) is 7.84. The lowest BCUT2D eigenvalue weighted by Crippen LogP contribution is -1.96. The van der Waals surface area contributed by atoms with Crippen molar-refractivity contribution in [3.8, 4) is 6.07 Å². The maximum atomic E-state index is 9.03. The highest BCUT2D eigenvalue weighted by Crippen LogP contribution is 2.34. The fraction of sp³-hybridized carbons (Fsp3) is 0.0588. The smallest absolute Gasteiger partial charge is 0.143 e. The van der Waals surface area contributed by atoms with E-state index in [1.807, 2.05) is 31.2 Å². The average molecular weight is 317 g/mol. The van der Waals surface area contributed by atoms with Crippen LogP contribution in [0.4, 0.5) is 11.5 Å². The largest absolute Gasteiger partial charge is 0.340 e. The van der Waals surface area contributed by atoms with Crippen LogP contribution in [0.15, 0.2) is 42.7 Å². The first-order valence-electron chi connectivity index (χ1n) is 7.02. The zero-order chi connectivity index (χ0) is 15.8. The summed E-state index contributed by atoms with van der Waals surface area (Å²) in [5.41, 5.74) is 3.24. The van der Waals surface area contributed by atoms with Crippen LogP contribution in [-0.4, -0.2) is 15.0 Å². The molecule has 1 N–H and O–H groups in total. The number of hydrogen-bond donors (Lipinski definition) is 1. The Labute approximate surface area is 136 Å². The first kappa shape index (κ1) is 13.6. The van der Waals surface area contributed by atoms with Crippen molar-refractivity contribution < 1.29 is 0 Å². The average Bonchev–Trinajstić information content (AvgIpc) is 2.95. The molecule has 0 saturated heterocycles. The number of fused-ring (bicyclic) bond motifs is 3. The summed E-state index contributed by atoms with van der Waals surface area (Å²) in [4.78, 5) is 13.3. The maximum Gasteiger partial charge on any atom is 0.143 e. The van der Waals surface area contributed by atoms with E-state index in [1.165, 1.54) is 0 Å². The van der Waals surface area contributed by atoms with Gasteiger partial charge in [-0.25, -0.2) is 15.0 Å². The van der Waals surface area contributed by atoms with Gasteiger partial charge in [-0.2, -0.15) is 5.26 Å². The van der Waals surface area contributed by atoms with Gasteiger partial charge in [-0.05, 0) is 37.3 Å². The predicted molar refractivity (Wildman–Crippen MR) is 91.9 cm³/mol. The molecule has 0 radical (unpaired) electrons. The third kappa shape index (κ3) is 2.37. The minimum absolute atomic E-state index is 0.604. The van der Waals surface area contributed by atoms with Gasteiger partial charge in [-0.15, -0.1) is 11.3 Å². The van der Waals surface area contributed by atoms with E-state index in [9.17, 15) is 0 Å². The molecule has 5 nitrogen and oxygen atoms in total. The predicted octanol–water partition coefficient (Wildman–Crippen LogP) is 4.16. The Hall–Kier alpha value is -3.04. The van der Waals surface area contributed by atoms with E-state index in [0.29, 0.717) is 5.56 Å². The number of rotatable bonds is 2. The van der Waals surface area contributed by atoms with E-state index in [1.54, 1.807) is 29.8 Å². The van der Waals surface area contributed by atoms with Gasteiger partial charge >= 0.3 is 0 Å². The minimum atomic E-state index is 0.604. The van der Waals surface area contributed by atoms with Crippen LogP contribution in [0.3, 0.4) is 0 Å². The van der Waals surface area contributed by atoms with Crippen molar-refractivity contribution >= 4 is 44.0 Å². The molecule has 0 saturated carbocycles. The molecule has 110 valence electrons. The van der Waals surface area contributed by atoms with Crippen LogP contribution in [0, 0.1) is 18.3 Å². The van der Waals surface area contributed by atoms with Gasteiger partial charge < -0.3 is 5.32 Å². The Morgan fingerprint density at radius 3 is 2.87 bits per heavy atom. The summed E-state index contributed by atoms with van der Waals surface area (Å²) < 4.78 is 1.07. The number of nitriles is 1. The van der Waals surface area contributed by atoms with E-state index in [2.05, 4.69) is 26.3 Å². The number of hydrogen-bond acceptors (Lipinski definition) is 6. The summed E-state index contributed by atoms with van der Waals surface area (Å²) >= 11 is 1.63. The van der Waals surface area contributed by atoms with Gasteiger partial charge in [0, 0.05) is 5.69 Å². The third-order valence-electron chi connectivity index (χ3n) is 3.52. The molecule has 0 aliphatic rings. The molecule has 0 aliphatic heterocycles. The molecule has 4 rings (SSSR count). The van der Waals surface area contributed by atoms with Crippen molar-refractivity contribution in [3.05, 3.63) is 53.3 Å². The fourth-order valence-corrected chi connectivity index (χ4v) is 3.50. The summed E-state index contributed by atoms with van der Waals surface area (Å²) in [5.74, 6) is 0.722. The molecule has 0 spiro atoms. The Bertz CT molecular complexity index is 1080. The summed E-state index contributed by atoms with van der Waals surface area (Å²) in [6.45, 7) is 1.99. The van der Waals surface area contributed by atoms with Crippen LogP contribution in [0.2, 0.25) is 0 Å². The molecular formula is C17H11N5S. The lowest BCUT2D eigenvalue weighted by atomic mass is 10.2. The molecule has 0 unspecified atom stereocenters. The molecule has 23 heavy (non-hydrogen) atoms. The quantitative estimate of drug-likeness (QED) is 0.601. The summed E-state index contributed by atoms with van der Waals surface area (Å²) in [6, 6.07) is 13.4. The van der Waals surface area contributed by atoms with E-state index in [4.69, 9.17) is 5.26 Å². The van der Waals surface area contributed by atoms with E-state index < -0.39 is 0 Å². The number of aryl methyl sites for hydroxylation is 1. The van der Waals surface area contributed by atoms with Crippen molar-refractivity contribution in [3.63, 3.8) is 0 Å². The second-order valence-corrected chi connectivity index (χ2v) is 6.28. The van der Waals surface area contributed by atoms with E-state index in [0.717, 1.165) is 37.6 Å². The van der Waals surface area contributed by atoms with Gasteiger partial charge in [0.2, 0.25) is 0 Å². The normalized spacial score (nSPS) is 10.8. The summed E-state index contributed by atoms with van der Waals surface area (Å²) in [5, 5.41) is 14.3. The molecule has 4 aromatic rings. The topological polar surface area (TPSA) is 74.5 Å². The van der Waals surface area contributed by atoms with Gasteiger partial charge in [0.1, 0.15) is 12.1 Å². The Morgan fingerprint density at radius 2 is 2.00 bits per heavy atom. The van der Waals surface area contributed by atoms with E-state index >= 15 is 0 Å². The van der Waals surface area contributed by atoms with Gasteiger partial charge in [-0.1, -0.05) is 6.07 Å². The SMILES string of the molecule is Cc1nc2ccc3ncnc(Nc4cccc(C#N)c4)c3c2s1. The fourth-order valence-electron chi connectivity index (χ4n) is 2.54. The van der Waals surface area contributed by atoms with Gasteiger partial charge in [0.25, 0.3) is 0 Å². The third-order valence-corrected chi connectivity index (χ3v) is 4.52. The minimum Gasteiger partial charge on any atom is -0.340 e. The van der Waals surface area contributed by atoms with Crippen LogP contribution in [0.1, 0.15) is 10.6 Å². The standard InChI is InChI=1S/C17H11N5S/c1-10-21-14-6-5-13-15(16(14)23-10)17(20-9-19-13)22-12-4-2-3-11(7-12)8-18/h2-7,9H,1H3,(H,19,20,22). The van der Waals surface area contributed by atoms with Crippen LogP contribution >= 0.6 is 11.3 Å². The monoisotopic (exact) mass is 317 g/mol. The molecule has 0 fully saturated rings. The maximum absolute atomic E-state index is 9.03. The Morgan fingerprint density at radius 1 is 1.13 bits per heavy atom. The van der Waals surface area contributed by atoms with Crippen molar-refractivity contribution in [1.29, 1.82) is 5.26 Å². The van der Waals surface area contributed by atoms with Crippen molar-refractivity contribution in [2.75, 3.05) is 5.32 Å². The molecule has 2 aromatic carbocycles. The highest BCUT2D eigenvalue weighted by Gasteiger charge is 2.11. The van der Waals surface area contributed by atoms with E-state index in [-0.39, 0.29) is 0 Å². The number of anilines is 2. The zero-order valence-corrected chi connectivity index (χ0v) is 13.1. The first-order chi connectivity index (χ1) is 11.2. The lowest BCUT2D eigenvalue weighted by Gasteiger charge is -2.09. The molecule has 0 aliphatic carbocycles. The van der Waals surface area contributed by atoms with Gasteiger partial charge in [0.05, 0.1) is 37.8 Å². The van der Waals surface area contributed by atoms with Crippen LogP contribution in [0.5, 0.6) is 0 Å². The van der Waals surface area contributed by atoms with Crippen LogP contribution < -0.4 is 5.32 Å². The van der Waals surface area contributed by atoms with Crippen LogP contribution in [-0.2, 0) is 0 Å². The van der Waals surface area contributed by atoms with Gasteiger partial charge in [-0.3, -0.25) is 0 Å². The number of benzene rings is 2. The van der Waals surface area contributed by atoms with Gasteiger partial charge in [0.15, 0.2) is 0 Å². The highest BCUT2D eigenvalue weighted by molar-refractivity contribution is 7.19. The molecule has 6 heteroatoms. The molecule has 0 amide bonds. The summed E-state index contributed by atoms with van der Waals surface area (Å²) in [7, 11) is 0. The Kier molecular flexibility index (Phi) is 3.14. The second kappa shape index (κ2) is 5.30. The molecular weight excluding hydrogens is 306 g/mol. The number of aromatic nitrogens is 3. The molecule has 2 heterocycles. The summed E-state index contributed by atoms with van der Waals surface area (Å²) in [6.07, 6.45) is 1.54. The second-order valence-electron chi connectivity index (χ2n) is 5.08. The number of thiazole rings is 1. The zero-order valence-electron chi connectivity index (χ0n) is 12.2. The van der Waals surface area contributed by atoms with Crippen molar-refractivity contribution in [2.45, 2.75) is 6.92 Å². The molecule has 0 bridgehead atoms. The highest BCUT2D eigenvalue weighted by atomic mass is 32.1. The number of nitrogens with one attached hydrogen (secondary N) is 1. The van der Waals surface area contributed by atoms with Crippen molar-refractivity contribution in [2.24, 2.45) is 0 Å². The van der Waals surface area contributed by atoms with Crippen LogP contribution in [0.25, 0.3) is 21.1 Å². The van der Waals surface area contributed by atoms with Crippen molar-refractivity contribution in [1.82, 2.24) is 15.0 Å². The Balaban J connectivity index is 1.92. The lowest BCUT2D eigenvalue weighted by molar-refractivity contribution is 1.22. The number of nitrogens with zero attached hydrogens (tertiary/aromatic N) is 4. The molecule has 0 atom stereocenters. The molecule has 2 aromatic heterocycles.